The number of rotatable bonds is 8. The van der Waals surface area contributed by atoms with Crippen molar-refractivity contribution in [1.29, 1.82) is 0 Å². The third-order valence-electron chi connectivity index (χ3n) is 2.87. The Balaban J connectivity index is 2.24. The highest BCUT2D eigenvalue weighted by Crippen LogP contribution is 2.17. The van der Waals surface area contributed by atoms with Gasteiger partial charge in [-0.05, 0) is 50.6 Å². The van der Waals surface area contributed by atoms with E-state index in [9.17, 15) is 0 Å². The maximum atomic E-state index is 3.49. The van der Waals surface area contributed by atoms with Crippen LogP contribution in [0.25, 0.3) is 0 Å². The Morgan fingerprint density at radius 1 is 1.17 bits per heavy atom. The van der Waals surface area contributed by atoms with Crippen LogP contribution in [0, 0.1) is 19.8 Å². The first kappa shape index (κ1) is 15.6. The Morgan fingerprint density at radius 3 is 2.44 bits per heavy atom. The summed E-state index contributed by atoms with van der Waals surface area (Å²) in [5.74, 6) is 3.14. The second kappa shape index (κ2) is 8.60. The Kier molecular flexibility index (Phi) is 7.45. The van der Waals surface area contributed by atoms with Crippen LogP contribution < -0.4 is 5.32 Å². The standard InChI is InChI=1S/C16H27NS/c1-5-6-17-10-15(4)11-18-12-16-8-13(2)7-14(3)9-16/h7-9,15,17H,5-6,10-12H2,1-4H3. The van der Waals surface area contributed by atoms with E-state index >= 15 is 0 Å². The van der Waals surface area contributed by atoms with Crippen molar-refractivity contribution in [3.05, 3.63) is 34.9 Å². The number of aryl methyl sites for hydroxylation is 2. The lowest BCUT2D eigenvalue weighted by molar-refractivity contribution is 0.557. The zero-order chi connectivity index (χ0) is 13.4. The van der Waals surface area contributed by atoms with Crippen molar-refractivity contribution < 1.29 is 0 Å². The van der Waals surface area contributed by atoms with E-state index in [4.69, 9.17) is 0 Å². The maximum absolute atomic E-state index is 3.49. The van der Waals surface area contributed by atoms with Crippen molar-refractivity contribution in [2.75, 3.05) is 18.8 Å². The maximum Gasteiger partial charge on any atom is 0.0184 e. The molecule has 0 heterocycles. The molecule has 102 valence electrons. The molecular formula is C16H27NS. The molecule has 1 unspecified atom stereocenters. The molecule has 0 amide bonds. The molecule has 1 nitrogen and oxygen atoms in total. The molecule has 0 aliphatic rings. The van der Waals surface area contributed by atoms with E-state index in [-0.39, 0.29) is 0 Å². The van der Waals surface area contributed by atoms with Crippen molar-refractivity contribution in [2.24, 2.45) is 5.92 Å². The highest BCUT2D eigenvalue weighted by Gasteiger charge is 2.02. The van der Waals surface area contributed by atoms with Gasteiger partial charge >= 0.3 is 0 Å². The zero-order valence-electron chi connectivity index (χ0n) is 12.3. The topological polar surface area (TPSA) is 12.0 Å². The molecule has 0 aliphatic carbocycles. The molecular weight excluding hydrogens is 238 g/mol. The van der Waals surface area contributed by atoms with Crippen molar-refractivity contribution in [3.63, 3.8) is 0 Å². The number of hydrogen-bond acceptors (Lipinski definition) is 2. The van der Waals surface area contributed by atoms with Crippen LogP contribution >= 0.6 is 11.8 Å². The summed E-state index contributed by atoms with van der Waals surface area (Å²) in [6, 6.07) is 6.85. The molecule has 0 fully saturated rings. The lowest BCUT2D eigenvalue weighted by atomic mass is 10.1. The first-order valence-electron chi connectivity index (χ1n) is 6.97. The summed E-state index contributed by atoms with van der Waals surface area (Å²) in [5, 5.41) is 3.49. The predicted molar refractivity (Wildman–Crippen MR) is 84.4 cm³/mol. The molecule has 0 aromatic heterocycles. The summed E-state index contributed by atoms with van der Waals surface area (Å²) < 4.78 is 0. The number of thioether (sulfide) groups is 1. The van der Waals surface area contributed by atoms with E-state index in [1.165, 1.54) is 28.9 Å². The van der Waals surface area contributed by atoms with Crippen LogP contribution in [-0.4, -0.2) is 18.8 Å². The summed E-state index contributed by atoms with van der Waals surface area (Å²) in [5.41, 5.74) is 4.22. The molecule has 0 aliphatic heterocycles. The second-order valence-corrected chi connectivity index (χ2v) is 6.35. The second-order valence-electron chi connectivity index (χ2n) is 5.32. The largest absolute Gasteiger partial charge is 0.316 e. The normalized spacial score (nSPS) is 12.7. The fraction of sp³-hybridized carbons (Fsp3) is 0.625. The van der Waals surface area contributed by atoms with Crippen molar-refractivity contribution >= 4 is 11.8 Å². The van der Waals surface area contributed by atoms with Gasteiger partial charge in [-0.1, -0.05) is 43.2 Å². The van der Waals surface area contributed by atoms with Gasteiger partial charge in [-0.2, -0.15) is 11.8 Å². The van der Waals surface area contributed by atoms with E-state index in [1.54, 1.807) is 0 Å². The van der Waals surface area contributed by atoms with Gasteiger partial charge in [0, 0.05) is 5.75 Å². The third-order valence-corrected chi connectivity index (χ3v) is 4.21. The van der Waals surface area contributed by atoms with Crippen LogP contribution in [0.1, 0.15) is 37.0 Å². The summed E-state index contributed by atoms with van der Waals surface area (Å²) in [6.45, 7) is 11.2. The van der Waals surface area contributed by atoms with Crippen molar-refractivity contribution in [3.8, 4) is 0 Å². The first-order valence-corrected chi connectivity index (χ1v) is 8.13. The minimum atomic E-state index is 0.757. The Morgan fingerprint density at radius 2 is 1.83 bits per heavy atom. The Bertz CT molecular complexity index is 329. The number of nitrogens with one attached hydrogen (secondary N) is 1. The predicted octanol–water partition coefficient (Wildman–Crippen LogP) is 4.17. The summed E-state index contributed by atoms with van der Waals surface area (Å²) in [4.78, 5) is 0. The minimum Gasteiger partial charge on any atom is -0.316 e. The first-order chi connectivity index (χ1) is 8.61. The summed E-state index contributed by atoms with van der Waals surface area (Å²) in [7, 11) is 0. The SMILES string of the molecule is CCCNCC(C)CSCc1cc(C)cc(C)c1. The molecule has 1 atom stereocenters. The van der Waals surface area contributed by atoms with Crippen LogP contribution in [0.2, 0.25) is 0 Å². The van der Waals surface area contributed by atoms with Gasteiger partial charge in [0.2, 0.25) is 0 Å². The van der Waals surface area contributed by atoms with Crippen LogP contribution in [0.4, 0.5) is 0 Å². The van der Waals surface area contributed by atoms with E-state index in [1.807, 2.05) is 11.8 Å². The molecule has 0 saturated carbocycles. The minimum absolute atomic E-state index is 0.757. The van der Waals surface area contributed by atoms with Crippen molar-refractivity contribution in [1.82, 2.24) is 5.32 Å². The van der Waals surface area contributed by atoms with Crippen LogP contribution in [0.15, 0.2) is 18.2 Å². The molecule has 1 rings (SSSR count). The zero-order valence-corrected chi connectivity index (χ0v) is 13.1. The number of benzene rings is 1. The van der Waals surface area contributed by atoms with Gasteiger partial charge in [0.25, 0.3) is 0 Å². The monoisotopic (exact) mass is 265 g/mol. The van der Waals surface area contributed by atoms with Crippen LogP contribution in [-0.2, 0) is 5.75 Å². The fourth-order valence-corrected chi connectivity index (χ4v) is 3.15. The molecule has 0 saturated heterocycles. The van der Waals surface area contributed by atoms with Crippen LogP contribution in [0.5, 0.6) is 0 Å². The van der Waals surface area contributed by atoms with E-state index < -0.39 is 0 Å². The van der Waals surface area contributed by atoms with Crippen molar-refractivity contribution in [2.45, 2.75) is 39.9 Å². The highest BCUT2D eigenvalue weighted by molar-refractivity contribution is 7.98. The summed E-state index contributed by atoms with van der Waals surface area (Å²) >= 11 is 2.05. The summed E-state index contributed by atoms with van der Waals surface area (Å²) in [6.07, 6.45) is 1.22. The molecule has 0 radical (unpaired) electrons. The van der Waals surface area contributed by atoms with E-state index in [0.717, 1.165) is 24.8 Å². The van der Waals surface area contributed by atoms with Gasteiger partial charge < -0.3 is 5.32 Å². The molecule has 0 bridgehead atoms. The lowest BCUT2D eigenvalue weighted by Gasteiger charge is -2.12. The molecule has 1 aromatic carbocycles. The highest BCUT2D eigenvalue weighted by atomic mass is 32.2. The average Bonchev–Trinajstić information content (AvgIpc) is 2.28. The van der Waals surface area contributed by atoms with Gasteiger partial charge in [0.1, 0.15) is 0 Å². The quantitative estimate of drug-likeness (QED) is 0.708. The number of hydrogen-bond donors (Lipinski definition) is 1. The van der Waals surface area contributed by atoms with Crippen LogP contribution in [0.3, 0.4) is 0 Å². The molecule has 2 heteroatoms. The molecule has 18 heavy (non-hydrogen) atoms. The van der Waals surface area contributed by atoms with Gasteiger partial charge in [-0.3, -0.25) is 0 Å². The smallest absolute Gasteiger partial charge is 0.0184 e. The molecule has 1 N–H and O–H groups in total. The van der Waals surface area contributed by atoms with Gasteiger partial charge in [-0.15, -0.1) is 0 Å². The Labute approximate surface area is 117 Å². The third kappa shape index (κ3) is 6.46. The fourth-order valence-electron chi connectivity index (χ4n) is 2.11. The van der Waals surface area contributed by atoms with E-state index in [2.05, 4.69) is 51.2 Å². The van der Waals surface area contributed by atoms with E-state index in [0.29, 0.717) is 0 Å². The average molecular weight is 265 g/mol. The van der Waals surface area contributed by atoms with Gasteiger partial charge in [0.05, 0.1) is 0 Å². The van der Waals surface area contributed by atoms with Gasteiger partial charge in [-0.25, -0.2) is 0 Å². The Hall–Kier alpha value is -0.470. The molecule has 1 aromatic rings. The lowest BCUT2D eigenvalue weighted by Crippen LogP contribution is -2.23. The molecule has 0 spiro atoms. The van der Waals surface area contributed by atoms with Gasteiger partial charge in [0.15, 0.2) is 0 Å².